The summed E-state index contributed by atoms with van der Waals surface area (Å²) in [4.78, 5) is 10.4. The zero-order valence-electron chi connectivity index (χ0n) is 10.2. The Labute approximate surface area is 111 Å². The van der Waals surface area contributed by atoms with Crippen LogP contribution in [0.25, 0.3) is 11.0 Å². The van der Waals surface area contributed by atoms with E-state index in [1.165, 1.54) is 6.42 Å². The summed E-state index contributed by atoms with van der Waals surface area (Å²) in [5.41, 5.74) is 2.01. The Hall–Kier alpha value is -1.10. The predicted molar refractivity (Wildman–Crippen MR) is 73.9 cm³/mol. The van der Waals surface area contributed by atoms with Crippen molar-refractivity contribution in [1.29, 1.82) is 0 Å². The SMILES string of the molecule is Clc1ccc2nc(CN3CCCNCC3)[nH]c2c1. The first-order valence-corrected chi connectivity index (χ1v) is 6.76. The van der Waals surface area contributed by atoms with Gasteiger partial charge in [-0.05, 0) is 37.7 Å². The summed E-state index contributed by atoms with van der Waals surface area (Å²) < 4.78 is 0. The van der Waals surface area contributed by atoms with Crippen LogP contribution in [0.2, 0.25) is 5.02 Å². The van der Waals surface area contributed by atoms with Crippen molar-refractivity contribution in [3.8, 4) is 0 Å². The smallest absolute Gasteiger partial charge is 0.121 e. The van der Waals surface area contributed by atoms with Gasteiger partial charge in [0.05, 0.1) is 17.6 Å². The van der Waals surface area contributed by atoms with Crippen molar-refractivity contribution in [3.63, 3.8) is 0 Å². The molecule has 2 N–H and O–H groups in total. The normalized spacial score (nSPS) is 18.1. The highest BCUT2D eigenvalue weighted by Gasteiger charge is 2.11. The molecule has 1 aromatic heterocycles. The molecular weight excluding hydrogens is 248 g/mol. The number of fused-ring (bicyclic) bond motifs is 1. The van der Waals surface area contributed by atoms with E-state index in [2.05, 4.69) is 20.2 Å². The Bertz CT molecular complexity index is 529. The number of nitrogens with one attached hydrogen (secondary N) is 2. The number of hydrogen-bond donors (Lipinski definition) is 2. The van der Waals surface area contributed by atoms with E-state index in [4.69, 9.17) is 11.6 Å². The van der Waals surface area contributed by atoms with Crippen molar-refractivity contribution in [2.24, 2.45) is 0 Å². The molecule has 0 bridgehead atoms. The number of halogens is 1. The molecule has 3 rings (SSSR count). The largest absolute Gasteiger partial charge is 0.341 e. The van der Waals surface area contributed by atoms with Gasteiger partial charge in [-0.25, -0.2) is 4.98 Å². The molecule has 0 unspecified atom stereocenters. The molecule has 0 spiro atoms. The van der Waals surface area contributed by atoms with Crippen LogP contribution in [0.3, 0.4) is 0 Å². The van der Waals surface area contributed by atoms with E-state index < -0.39 is 0 Å². The molecule has 96 valence electrons. The summed E-state index contributed by atoms with van der Waals surface area (Å²) in [7, 11) is 0. The van der Waals surface area contributed by atoms with E-state index in [0.717, 1.165) is 54.6 Å². The molecule has 1 fully saturated rings. The fourth-order valence-electron chi connectivity index (χ4n) is 2.38. The van der Waals surface area contributed by atoms with Crippen LogP contribution >= 0.6 is 11.6 Å². The van der Waals surface area contributed by atoms with Crippen molar-refractivity contribution in [1.82, 2.24) is 20.2 Å². The van der Waals surface area contributed by atoms with Gasteiger partial charge < -0.3 is 10.3 Å². The van der Waals surface area contributed by atoms with Crippen molar-refractivity contribution in [3.05, 3.63) is 29.0 Å². The van der Waals surface area contributed by atoms with Crippen LogP contribution in [0.4, 0.5) is 0 Å². The number of rotatable bonds is 2. The van der Waals surface area contributed by atoms with Gasteiger partial charge in [-0.15, -0.1) is 0 Å². The van der Waals surface area contributed by atoms with Crippen LogP contribution < -0.4 is 5.32 Å². The summed E-state index contributed by atoms with van der Waals surface area (Å²) in [6.07, 6.45) is 1.20. The maximum absolute atomic E-state index is 5.97. The van der Waals surface area contributed by atoms with Crippen LogP contribution in [0.1, 0.15) is 12.2 Å². The summed E-state index contributed by atoms with van der Waals surface area (Å²) in [6.45, 7) is 5.27. The molecule has 1 aliphatic heterocycles. The maximum atomic E-state index is 5.97. The third-order valence-corrected chi connectivity index (χ3v) is 3.53. The third kappa shape index (κ3) is 2.66. The van der Waals surface area contributed by atoms with Gasteiger partial charge in [-0.2, -0.15) is 0 Å². The monoisotopic (exact) mass is 264 g/mol. The summed E-state index contributed by atoms with van der Waals surface area (Å²) >= 11 is 5.97. The standard InChI is InChI=1S/C13H17ClN4/c14-10-2-3-11-12(8-10)17-13(16-11)9-18-6-1-4-15-5-7-18/h2-3,8,15H,1,4-7,9H2,(H,16,17). The van der Waals surface area contributed by atoms with Gasteiger partial charge in [0.25, 0.3) is 0 Å². The molecule has 1 saturated heterocycles. The first-order chi connectivity index (χ1) is 8.81. The number of hydrogen-bond acceptors (Lipinski definition) is 3. The lowest BCUT2D eigenvalue weighted by atomic mass is 10.3. The average Bonchev–Trinajstić information content (AvgIpc) is 2.57. The third-order valence-electron chi connectivity index (χ3n) is 3.30. The zero-order chi connectivity index (χ0) is 12.4. The number of imidazole rings is 1. The fraction of sp³-hybridized carbons (Fsp3) is 0.462. The van der Waals surface area contributed by atoms with E-state index in [0.29, 0.717) is 0 Å². The van der Waals surface area contributed by atoms with E-state index in [9.17, 15) is 0 Å². The highest BCUT2D eigenvalue weighted by atomic mass is 35.5. The first-order valence-electron chi connectivity index (χ1n) is 6.38. The predicted octanol–water partition coefficient (Wildman–Crippen LogP) is 2.01. The van der Waals surface area contributed by atoms with Gasteiger partial charge in [0.15, 0.2) is 0 Å². The fourth-order valence-corrected chi connectivity index (χ4v) is 2.55. The molecule has 1 aliphatic rings. The topological polar surface area (TPSA) is 44.0 Å². The lowest BCUT2D eigenvalue weighted by Crippen LogP contribution is -2.28. The van der Waals surface area contributed by atoms with Gasteiger partial charge in [-0.3, -0.25) is 4.90 Å². The Morgan fingerprint density at radius 2 is 2.22 bits per heavy atom. The summed E-state index contributed by atoms with van der Waals surface area (Å²) in [5.74, 6) is 1.02. The molecule has 1 aromatic carbocycles. The van der Waals surface area contributed by atoms with Gasteiger partial charge >= 0.3 is 0 Å². The molecule has 0 aliphatic carbocycles. The van der Waals surface area contributed by atoms with Crippen LogP contribution in [0.5, 0.6) is 0 Å². The Balaban J connectivity index is 1.77. The molecule has 18 heavy (non-hydrogen) atoms. The number of H-pyrrole nitrogens is 1. The van der Waals surface area contributed by atoms with Crippen molar-refractivity contribution in [2.75, 3.05) is 26.2 Å². The van der Waals surface area contributed by atoms with Crippen LogP contribution in [-0.2, 0) is 6.54 Å². The second kappa shape index (κ2) is 5.26. The molecule has 0 amide bonds. The van der Waals surface area contributed by atoms with Crippen molar-refractivity contribution < 1.29 is 0 Å². The molecule has 5 heteroatoms. The molecule has 0 radical (unpaired) electrons. The molecular formula is C13H17ClN4. The van der Waals surface area contributed by atoms with E-state index in [-0.39, 0.29) is 0 Å². The summed E-state index contributed by atoms with van der Waals surface area (Å²) in [5, 5.41) is 4.15. The minimum atomic E-state index is 0.747. The Kier molecular flexibility index (Phi) is 3.50. The van der Waals surface area contributed by atoms with Crippen molar-refractivity contribution in [2.45, 2.75) is 13.0 Å². The number of nitrogens with zero attached hydrogens (tertiary/aromatic N) is 2. The van der Waals surface area contributed by atoms with Crippen molar-refractivity contribution >= 4 is 22.6 Å². The Morgan fingerprint density at radius 1 is 1.28 bits per heavy atom. The minimum Gasteiger partial charge on any atom is -0.341 e. The molecule has 0 saturated carbocycles. The zero-order valence-corrected chi connectivity index (χ0v) is 11.0. The van der Waals surface area contributed by atoms with E-state index in [1.807, 2.05) is 18.2 Å². The maximum Gasteiger partial charge on any atom is 0.121 e. The van der Waals surface area contributed by atoms with E-state index in [1.54, 1.807) is 0 Å². The lowest BCUT2D eigenvalue weighted by molar-refractivity contribution is 0.278. The minimum absolute atomic E-state index is 0.747. The first kappa shape index (κ1) is 12.0. The highest BCUT2D eigenvalue weighted by molar-refractivity contribution is 6.31. The molecule has 4 nitrogen and oxygen atoms in total. The van der Waals surface area contributed by atoms with Gasteiger partial charge in [0.1, 0.15) is 5.82 Å². The van der Waals surface area contributed by atoms with Crippen LogP contribution in [0, 0.1) is 0 Å². The second-order valence-corrected chi connectivity index (χ2v) is 5.16. The summed E-state index contributed by atoms with van der Waals surface area (Å²) in [6, 6.07) is 5.77. The van der Waals surface area contributed by atoms with Crippen LogP contribution in [-0.4, -0.2) is 41.0 Å². The van der Waals surface area contributed by atoms with E-state index >= 15 is 0 Å². The molecule has 2 heterocycles. The Morgan fingerprint density at radius 3 is 3.17 bits per heavy atom. The molecule has 0 atom stereocenters. The lowest BCUT2D eigenvalue weighted by Gasteiger charge is -2.17. The average molecular weight is 265 g/mol. The number of aromatic nitrogens is 2. The number of aromatic amines is 1. The van der Waals surface area contributed by atoms with Gasteiger partial charge in [0.2, 0.25) is 0 Å². The number of benzene rings is 1. The van der Waals surface area contributed by atoms with Gasteiger partial charge in [-0.1, -0.05) is 11.6 Å². The van der Waals surface area contributed by atoms with Crippen LogP contribution in [0.15, 0.2) is 18.2 Å². The second-order valence-electron chi connectivity index (χ2n) is 4.72. The quantitative estimate of drug-likeness (QED) is 0.872. The van der Waals surface area contributed by atoms with Gasteiger partial charge in [0, 0.05) is 18.1 Å². The molecule has 2 aromatic rings. The highest BCUT2D eigenvalue weighted by Crippen LogP contribution is 2.17.